The molecule has 1 unspecified atom stereocenters. The molecule has 0 saturated carbocycles. The van der Waals surface area contributed by atoms with E-state index in [1.807, 2.05) is 0 Å². The average Bonchev–Trinajstić information content (AvgIpc) is 2.61. The summed E-state index contributed by atoms with van der Waals surface area (Å²) in [6.07, 6.45) is -1.86. The van der Waals surface area contributed by atoms with Crippen LogP contribution < -0.4 is 5.32 Å². The van der Waals surface area contributed by atoms with E-state index >= 15 is 0 Å². The highest BCUT2D eigenvalue weighted by molar-refractivity contribution is 6.31. The third-order valence-corrected chi connectivity index (χ3v) is 2.91. The fourth-order valence-electron chi connectivity index (χ4n) is 1.93. The van der Waals surface area contributed by atoms with Gasteiger partial charge in [0.25, 0.3) is 0 Å². The van der Waals surface area contributed by atoms with E-state index in [9.17, 15) is 13.2 Å². The van der Waals surface area contributed by atoms with E-state index in [4.69, 9.17) is 11.6 Å². The fourth-order valence-corrected chi connectivity index (χ4v) is 2.16. The Balaban J connectivity index is 2.33. The molecule has 2 rings (SSSR count). The van der Waals surface area contributed by atoms with Crippen LogP contribution in [0, 0.1) is 0 Å². The average molecular weight is 254 g/mol. The number of halogens is 4. The lowest BCUT2D eigenvalue weighted by Gasteiger charge is -2.25. The smallest absolute Gasteiger partial charge is 0.315 e. The summed E-state index contributed by atoms with van der Waals surface area (Å²) in [7, 11) is 0. The fraction of sp³-hybridized carbons (Fsp3) is 0.667. The van der Waals surface area contributed by atoms with Crippen LogP contribution in [0.15, 0.2) is 6.20 Å². The molecular formula is C9H11ClF3N3. The van der Waals surface area contributed by atoms with Crippen LogP contribution in [0.3, 0.4) is 0 Å². The molecule has 90 valence electrons. The first-order valence-electron chi connectivity index (χ1n) is 5.01. The van der Waals surface area contributed by atoms with Gasteiger partial charge >= 0.3 is 6.18 Å². The molecule has 0 bridgehead atoms. The standard InChI is InChI=1S/C9H11ClF3N3/c10-7-5-15-16(8(7)9(11,12)13)6-2-1-3-14-4-6/h5-6,14H,1-4H2. The molecule has 0 spiro atoms. The number of hydrogen-bond donors (Lipinski definition) is 1. The van der Waals surface area contributed by atoms with Crippen molar-refractivity contribution < 1.29 is 13.2 Å². The van der Waals surface area contributed by atoms with E-state index in [0.717, 1.165) is 23.8 Å². The molecule has 2 heterocycles. The predicted molar refractivity (Wildman–Crippen MR) is 53.4 cm³/mol. The van der Waals surface area contributed by atoms with Gasteiger partial charge in [0.1, 0.15) is 0 Å². The molecular weight excluding hydrogens is 243 g/mol. The summed E-state index contributed by atoms with van der Waals surface area (Å²) in [6, 6.07) is -0.266. The summed E-state index contributed by atoms with van der Waals surface area (Å²) >= 11 is 5.53. The maximum atomic E-state index is 12.7. The molecule has 0 amide bonds. The van der Waals surface area contributed by atoms with E-state index in [-0.39, 0.29) is 11.1 Å². The van der Waals surface area contributed by atoms with Gasteiger partial charge in [-0.3, -0.25) is 4.68 Å². The minimum atomic E-state index is -4.45. The van der Waals surface area contributed by atoms with Crippen LogP contribution in [-0.4, -0.2) is 22.9 Å². The quantitative estimate of drug-likeness (QED) is 0.833. The van der Waals surface area contributed by atoms with Gasteiger partial charge in [0.2, 0.25) is 0 Å². The van der Waals surface area contributed by atoms with Crippen molar-refractivity contribution in [2.45, 2.75) is 25.1 Å². The van der Waals surface area contributed by atoms with Crippen molar-refractivity contribution in [3.8, 4) is 0 Å². The molecule has 7 heteroatoms. The molecule has 1 aromatic rings. The largest absolute Gasteiger partial charge is 0.434 e. The molecule has 0 aromatic carbocycles. The molecule has 1 N–H and O–H groups in total. The maximum absolute atomic E-state index is 12.7. The van der Waals surface area contributed by atoms with E-state index in [2.05, 4.69) is 10.4 Å². The Kier molecular flexibility index (Phi) is 3.12. The minimum absolute atomic E-state index is 0.266. The zero-order chi connectivity index (χ0) is 11.8. The van der Waals surface area contributed by atoms with Gasteiger partial charge in [-0.05, 0) is 19.4 Å². The summed E-state index contributed by atoms with van der Waals surface area (Å²) in [5.74, 6) is 0. The number of piperidine rings is 1. The minimum Gasteiger partial charge on any atom is -0.315 e. The Labute approximate surface area is 95.6 Å². The summed E-state index contributed by atoms with van der Waals surface area (Å²) in [5, 5.41) is 6.45. The van der Waals surface area contributed by atoms with Gasteiger partial charge in [0.05, 0.1) is 17.3 Å². The van der Waals surface area contributed by atoms with Crippen LogP contribution in [0.2, 0.25) is 5.02 Å². The van der Waals surface area contributed by atoms with Crippen LogP contribution in [0.1, 0.15) is 24.6 Å². The number of nitrogens with zero attached hydrogens (tertiary/aromatic N) is 2. The zero-order valence-electron chi connectivity index (χ0n) is 8.39. The second-order valence-corrected chi connectivity index (χ2v) is 4.19. The first kappa shape index (κ1) is 11.7. The normalized spacial score (nSPS) is 22.4. The molecule has 1 aliphatic rings. The Bertz CT molecular complexity index is 369. The monoisotopic (exact) mass is 253 g/mol. The van der Waals surface area contributed by atoms with Gasteiger partial charge in [-0.1, -0.05) is 11.6 Å². The molecule has 16 heavy (non-hydrogen) atoms. The molecule has 1 saturated heterocycles. The van der Waals surface area contributed by atoms with Gasteiger partial charge in [0.15, 0.2) is 5.69 Å². The number of nitrogens with one attached hydrogen (secondary N) is 1. The van der Waals surface area contributed by atoms with E-state index in [1.54, 1.807) is 0 Å². The van der Waals surface area contributed by atoms with Crippen LogP contribution in [0.4, 0.5) is 13.2 Å². The van der Waals surface area contributed by atoms with Gasteiger partial charge in [-0.2, -0.15) is 18.3 Å². The summed E-state index contributed by atoms with van der Waals surface area (Å²) < 4.78 is 39.2. The van der Waals surface area contributed by atoms with Gasteiger partial charge in [-0.25, -0.2) is 0 Å². The van der Waals surface area contributed by atoms with Crippen molar-refractivity contribution >= 4 is 11.6 Å². The summed E-state index contributed by atoms with van der Waals surface area (Å²) in [6.45, 7) is 1.34. The molecule has 1 fully saturated rings. The highest BCUT2D eigenvalue weighted by Crippen LogP contribution is 2.36. The second kappa shape index (κ2) is 4.25. The first-order chi connectivity index (χ1) is 7.50. The lowest BCUT2D eigenvalue weighted by molar-refractivity contribution is -0.145. The zero-order valence-corrected chi connectivity index (χ0v) is 9.15. The van der Waals surface area contributed by atoms with Gasteiger partial charge in [0, 0.05) is 6.54 Å². The lowest BCUT2D eigenvalue weighted by atomic mass is 10.1. The highest BCUT2D eigenvalue weighted by atomic mass is 35.5. The maximum Gasteiger partial charge on any atom is 0.434 e. The Morgan fingerprint density at radius 1 is 1.50 bits per heavy atom. The van der Waals surface area contributed by atoms with Crippen molar-refractivity contribution in [2.24, 2.45) is 0 Å². The molecule has 0 radical (unpaired) electrons. The lowest BCUT2D eigenvalue weighted by Crippen LogP contribution is -2.34. The van der Waals surface area contributed by atoms with E-state index in [0.29, 0.717) is 13.0 Å². The molecule has 1 atom stereocenters. The predicted octanol–water partition coefficient (Wildman–Crippen LogP) is 2.48. The van der Waals surface area contributed by atoms with Crippen molar-refractivity contribution in [3.63, 3.8) is 0 Å². The molecule has 0 aliphatic carbocycles. The van der Waals surface area contributed by atoms with E-state index < -0.39 is 11.9 Å². The summed E-state index contributed by atoms with van der Waals surface area (Å²) in [4.78, 5) is 0. The van der Waals surface area contributed by atoms with Gasteiger partial charge in [-0.15, -0.1) is 0 Å². The van der Waals surface area contributed by atoms with Crippen molar-refractivity contribution in [3.05, 3.63) is 16.9 Å². The number of alkyl halides is 3. The molecule has 1 aromatic heterocycles. The number of aromatic nitrogens is 2. The number of rotatable bonds is 1. The second-order valence-electron chi connectivity index (χ2n) is 3.78. The highest BCUT2D eigenvalue weighted by Gasteiger charge is 2.39. The molecule has 1 aliphatic heterocycles. The third-order valence-electron chi connectivity index (χ3n) is 2.64. The Morgan fingerprint density at radius 2 is 2.25 bits per heavy atom. The first-order valence-corrected chi connectivity index (χ1v) is 5.39. The SMILES string of the molecule is FC(F)(F)c1c(Cl)cnn1C1CCCNC1. The van der Waals surface area contributed by atoms with Crippen molar-refractivity contribution in [1.29, 1.82) is 0 Å². The van der Waals surface area contributed by atoms with Crippen LogP contribution >= 0.6 is 11.6 Å². The van der Waals surface area contributed by atoms with Crippen LogP contribution in [0.25, 0.3) is 0 Å². The van der Waals surface area contributed by atoms with Crippen molar-refractivity contribution in [1.82, 2.24) is 15.1 Å². The van der Waals surface area contributed by atoms with E-state index in [1.165, 1.54) is 0 Å². The van der Waals surface area contributed by atoms with Crippen LogP contribution in [-0.2, 0) is 6.18 Å². The summed E-state index contributed by atoms with van der Waals surface area (Å²) in [5.41, 5.74) is -0.845. The molecule has 3 nitrogen and oxygen atoms in total. The number of hydrogen-bond acceptors (Lipinski definition) is 2. The van der Waals surface area contributed by atoms with Crippen LogP contribution in [0.5, 0.6) is 0 Å². The Hall–Kier alpha value is -0.750. The third kappa shape index (κ3) is 2.17. The van der Waals surface area contributed by atoms with Crippen molar-refractivity contribution in [2.75, 3.05) is 13.1 Å². The Morgan fingerprint density at radius 3 is 2.81 bits per heavy atom. The van der Waals surface area contributed by atoms with Gasteiger partial charge < -0.3 is 5.32 Å². The topological polar surface area (TPSA) is 29.9 Å².